The maximum atomic E-state index is 12.6. The van der Waals surface area contributed by atoms with Crippen molar-refractivity contribution >= 4 is 48.9 Å². The summed E-state index contributed by atoms with van der Waals surface area (Å²) < 4.78 is 54.1. The van der Waals surface area contributed by atoms with E-state index in [-0.39, 0.29) is 20.5 Å². The number of anilines is 1. The number of piperidine rings is 1. The number of rotatable bonds is 5. The molecule has 1 aliphatic rings. The van der Waals surface area contributed by atoms with Crippen molar-refractivity contribution in [3.8, 4) is 0 Å². The van der Waals surface area contributed by atoms with E-state index in [1.54, 1.807) is 0 Å². The zero-order chi connectivity index (χ0) is 19.7. The normalized spacial score (nSPS) is 16.2. The van der Waals surface area contributed by atoms with Crippen molar-refractivity contribution in [3.05, 3.63) is 52.5 Å². The van der Waals surface area contributed by atoms with Crippen LogP contribution in [0.3, 0.4) is 0 Å². The topological polar surface area (TPSA) is 83.5 Å². The van der Waals surface area contributed by atoms with E-state index in [0.717, 1.165) is 19.3 Å². The molecule has 1 aliphatic heterocycles. The van der Waals surface area contributed by atoms with Gasteiger partial charge in [0, 0.05) is 23.8 Å². The molecule has 0 saturated carbocycles. The lowest BCUT2D eigenvalue weighted by atomic mass is 10.2. The fraction of sp³-hybridized carbons (Fsp3) is 0.294. The maximum absolute atomic E-state index is 12.6. The van der Waals surface area contributed by atoms with Crippen LogP contribution in [0.4, 0.5) is 5.69 Å². The molecule has 0 unspecified atom stereocenters. The number of hydrogen-bond acceptors (Lipinski definition) is 4. The first-order chi connectivity index (χ1) is 12.7. The first-order valence-corrected chi connectivity index (χ1v) is 12.0. The quantitative estimate of drug-likeness (QED) is 0.749. The van der Waals surface area contributed by atoms with E-state index in [4.69, 9.17) is 23.2 Å². The van der Waals surface area contributed by atoms with Gasteiger partial charge in [-0.25, -0.2) is 16.8 Å². The molecule has 0 aromatic heterocycles. The Balaban J connectivity index is 1.81. The van der Waals surface area contributed by atoms with E-state index in [1.165, 1.54) is 46.8 Å². The van der Waals surface area contributed by atoms with Gasteiger partial charge in [-0.1, -0.05) is 29.6 Å². The number of nitrogens with one attached hydrogen (secondary N) is 1. The highest BCUT2D eigenvalue weighted by atomic mass is 35.5. The van der Waals surface area contributed by atoms with E-state index in [0.29, 0.717) is 18.1 Å². The van der Waals surface area contributed by atoms with Crippen molar-refractivity contribution < 1.29 is 16.8 Å². The van der Waals surface area contributed by atoms with E-state index >= 15 is 0 Å². The van der Waals surface area contributed by atoms with Crippen molar-refractivity contribution in [2.24, 2.45) is 0 Å². The fourth-order valence-corrected chi connectivity index (χ4v) is 6.20. The summed E-state index contributed by atoms with van der Waals surface area (Å²) in [7, 11) is -7.50. The van der Waals surface area contributed by atoms with E-state index in [2.05, 4.69) is 4.72 Å². The van der Waals surface area contributed by atoms with Gasteiger partial charge in [0.05, 0.1) is 9.92 Å². The van der Waals surface area contributed by atoms with Crippen LogP contribution in [-0.4, -0.2) is 34.2 Å². The first kappa shape index (κ1) is 20.4. The summed E-state index contributed by atoms with van der Waals surface area (Å²) in [4.78, 5) is 0.0236. The molecule has 1 heterocycles. The molecule has 3 rings (SSSR count). The van der Waals surface area contributed by atoms with Gasteiger partial charge in [0.15, 0.2) is 0 Å². The standard InChI is InChI=1S/C17H18Cl2N2O4S2/c18-13-4-9-17(16(19)12-13)26(22,23)20-14-5-7-15(8-6-14)27(24,25)21-10-2-1-3-11-21/h4-9,12,20H,1-3,10-11H2. The number of halogens is 2. The second-order valence-electron chi connectivity index (χ2n) is 6.17. The van der Waals surface area contributed by atoms with Crippen LogP contribution in [0.1, 0.15) is 19.3 Å². The van der Waals surface area contributed by atoms with Crippen LogP contribution in [0, 0.1) is 0 Å². The number of benzene rings is 2. The van der Waals surface area contributed by atoms with E-state index < -0.39 is 20.0 Å². The predicted octanol–water partition coefficient (Wildman–Crippen LogP) is 3.97. The molecule has 6 nitrogen and oxygen atoms in total. The van der Waals surface area contributed by atoms with E-state index in [1.807, 2.05) is 0 Å². The Bertz CT molecular complexity index is 1030. The van der Waals surface area contributed by atoms with Crippen molar-refractivity contribution in [1.29, 1.82) is 0 Å². The number of sulfonamides is 2. The second kappa shape index (κ2) is 7.97. The molecule has 2 aromatic carbocycles. The Labute approximate surface area is 169 Å². The van der Waals surface area contributed by atoms with Crippen LogP contribution in [0.15, 0.2) is 52.3 Å². The first-order valence-electron chi connectivity index (χ1n) is 8.28. The molecule has 27 heavy (non-hydrogen) atoms. The van der Waals surface area contributed by atoms with Gasteiger partial charge in [-0.2, -0.15) is 4.31 Å². The summed E-state index contributed by atoms with van der Waals surface area (Å²) in [6.45, 7) is 1.01. The molecule has 1 N–H and O–H groups in total. The van der Waals surface area contributed by atoms with Crippen LogP contribution in [0.25, 0.3) is 0 Å². The highest BCUT2D eigenvalue weighted by Crippen LogP contribution is 2.27. The van der Waals surface area contributed by atoms with Gasteiger partial charge in [-0.3, -0.25) is 4.72 Å². The van der Waals surface area contributed by atoms with Crippen LogP contribution >= 0.6 is 23.2 Å². The van der Waals surface area contributed by atoms with Crippen molar-refractivity contribution in [1.82, 2.24) is 4.31 Å². The maximum Gasteiger partial charge on any atom is 0.263 e. The lowest BCUT2D eigenvalue weighted by molar-refractivity contribution is 0.346. The molecule has 2 aromatic rings. The summed E-state index contributed by atoms with van der Waals surface area (Å²) >= 11 is 11.8. The molecule has 0 radical (unpaired) electrons. The predicted molar refractivity (Wildman–Crippen MR) is 106 cm³/mol. The third kappa shape index (κ3) is 4.57. The molecule has 1 fully saturated rings. The molecule has 0 bridgehead atoms. The average molecular weight is 449 g/mol. The van der Waals surface area contributed by atoms with Gasteiger partial charge in [-0.15, -0.1) is 0 Å². The third-order valence-corrected chi connectivity index (χ3v) is 8.25. The molecule has 0 spiro atoms. The Hall–Kier alpha value is -1.32. The smallest absolute Gasteiger partial charge is 0.263 e. The molecular weight excluding hydrogens is 431 g/mol. The Morgan fingerprint density at radius 1 is 0.852 bits per heavy atom. The summed E-state index contributed by atoms with van der Waals surface area (Å²) in [6, 6.07) is 9.69. The number of hydrogen-bond donors (Lipinski definition) is 1. The van der Waals surface area contributed by atoms with E-state index in [9.17, 15) is 16.8 Å². The van der Waals surface area contributed by atoms with Crippen molar-refractivity contribution in [2.45, 2.75) is 29.1 Å². The monoisotopic (exact) mass is 448 g/mol. The zero-order valence-electron chi connectivity index (χ0n) is 14.2. The molecule has 0 amide bonds. The van der Waals surface area contributed by atoms with Gasteiger partial charge in [0.2, 0.25) is 10.0 Å². The average Bonchev–Trinajstić information content (AvgIpc) is 2.62. The van der Waals surface area contributed by atoms with Crippen LogP contribution in [0.2, 0.25) is 10.0 Å². The summed E-state index contributed by atoms with van der Waals surface area (Å²) in [5, 5.41) is 0.325. The minimum Gasteiger partial charge on any atom is -0.280 e. The summed E-state index contributed by atoms with van der Waals surface area (Å²) in [5.74, 6) is 0. The minimum atomic E-state index is -3.93. The van der Waals surface area contributed by atoms with Gasteiger partial charge in [-0.05, 0) is 55.3 Å². The molecule has 10 heteroatoms. The summed E-state index contributed by atoms with van der Waals surface area (Å²) in [6.07, 6.45) is 2.72. The molecule has 0 aliphatic carbocycles. The van der Waals surface area contributed by atoms with Gasteiger partial charge < -0.3 is 0 Å². The van der Waals surface area contributed by atoms with Gasteiger partial charge in [0.25, 0.3) is 10.0 Å². The lowest BCUT2D eigenvalue weighted by Crippen LogP contribution is -2.35. The Kier molecular flexibility index (Phi) is 6.02. The molecule has 1 saturated heterocycles. The second-order valence-corrected chi connectivity index (χ2v) is 10.6. The third-order valence-electron chi connectivity index (χ3n) is 4.24. The highest BCUT2D eigenvalue weighted by molar-refractivity contribution is 7.92. The van der Waals surface area contributed by atoms with Crippen LogP contribution in [-0.2, 0) is 20.0 Å². The number of nitrogens with zero attached hydrogens (tertiary/aromatic N) is 1. The largest absolute Gasteiger partial charge is 0.280 e. The SMILES string of the molecule is O=S(=O)(Nc1ccc(S(=O)(=O)N2CCCCC2)cc1)c1ccc(Cl)cc1Cl. The van der Waals surface area contributed by atoms with Crippen LogP contribution < -0.4 is 4.72 Å². The van der Waals surface area contributed by atoms with Gasteiger partial charge >= 0.3 is 0 Å². The van der Waals surface area contributed by atoms with Crippen molar-refractivity contribution in [3.63, 3.8) is 0 Å². The van der Waals surface area contributed by atoms with Crippen LogP contribution in [0.5, 0.6) is 0 Å². The minimum absolute atomic E-state index is 0.000651. The summed E-state index contributed by atoms with van der Waals surface area (Å²) in [5.41, 5.74) is 0.235. The molecular formula is C17H18Cl2N2O4S2. The highest BCUT2D eigenvalue weighted by Gasteiger charge is 2.26. The molecule has 0 atom stereocenters. The molecule has 146 valence electrons. The van der Waals surface area contributed by atoms with Crippen molar-refractivity contribution in [2.75, 3.05) is 17.8 Å². The Morgan fingerprint density at radius 2 is 1.48 bits per heavy atom. The zero-order valence-corrected chi connectivity index (χ0v) is 17.4. The fourth-order valence-electron chi connectivity index (χ4n) is 2.85. The van der Waals surface area contributed by atoms with Gasteiger partial charge in [0.1, 0.15) is 4.90 Å². The Morgan fingerprint density at radius 3 is 2.07 bits per heavy atom. The lowest BCUT2D eigenvalue weighted by Gasteiger charge is -2.25.